The van der Waals surface area contributed by atoms with Gasteiger partial charge < -0.3 is 0 Å². The molecule has 0 N–H and O–H groups in total. The van der Waals surface area contributed by atoms with E-state index < -0.39 is 22.9 Å². The first-order valence-corrected chi connectivity index (χ1v) is 3.58. The van der Waals surface area contributed by atoms with Crippen molar-refractivity contribution in [3.8, 4) is 0 Å². The van der Waals surface area contributed by atoms with Crippen LogP contribution >= 0.6 is 0 Å². The molecule has 0 amide bonds. The third-order valence-corrected chi connectivity index (χ3v) is 1.68. The number of rotatable bonds is 2. The maximum Gasteiger partial charge on any atom is 0.190 e. The monoisotopic (exact) mass is 188 g/mol. The fraction of sp³-hybridized carbons (Fsp3) is 0.222. The average Bonchev–Trinajstić information content (AvgIpc) is 2.09. The van der Waals surface area contributed by atoms with Gasteiger partial charge in [-0.2, -0.15) is 0 Å². The molecule has 0 radical (unpaired) electrons. The summed E-state index contributed by atoms with van der Waals surface area (Å²) in [7, 11) is 0. The fourth-order valence-electron chi connectivity index (χ4n) is 0.936. The van der Waals surface area contributed by atoms with E-state index in [1.807, 2.05) is 0 Å². The van der Waals surface area contributed by atoms with Crippen molar-refractivity contribution in [1.29, 1.82) is 0 Å². The van der Waals surface area contributed by atoms with E-state index in [4.69, 9.17) is 0 Å². The summed E-state index contributed by atoms with van der Waals surface area (Å²) < 4.78 is 38.7. The zero-order chi connectivity index (χ0) is 10.1. The van der Waals surface area contributed by atoms with Crippen LogP contribution in [-0.4, -0.2) is 6.29 Å². The smallest absolute Gasteiger partial charge is 0.190 e. The fourth-order valence-corrected chi connectivity index (χ4v) is 0.936. The Morgan fingerprint density at radius 3 is 2.54 bits per heavy atom. The molecule has 1 nitrogen and oxygen atoms in total. The third-order valence-electron chi connectivity index (χ3n) is 1.68. The molecule has 0 aliphatic rings. The molecule has 1 rings (SSSR count). The number of hydrogen-bond acceptors (Lipinski definition) is 1. The van der Waals surface area contributed by atoms with Gasteiger partial charge in [0, 0.05) is 5.56 Å². The minimum atomic E-state index is -2.48. The lowest BCUT2D eigenvalue weighted by atomic mass is 9.99. The molecule has 1 atom stereocenters. The molecule has 0 aliphatic carbocycles. The van der Waals surface area contributed by atoms with Crippen molar-refractivity contribution in [2.24, 2.45) is 0 Å². The van der Waals surface area contributed by atoms with Crippen LogP contribution in [0.5, 0.6) is 0 Å². The molecule has 4 heteroatoms. The lowest BCUT2D eigenvalue weighted by Gasteiger charge is -2.13. The van der Waals surface area contributed by atoms with Crippen LogP contribution in [0.25, 0.3) is 0 Å². The molecule has 1 aromatic rings. The van der Waals surface area contributed by atoms with Crippen LogP contribution in [0.3, 0.4) is 0 Å². The average molecular weight is 188 g/mol. The Kier molecular flexibility index (Phi) is 2.40. The van der Waals surface area contributed by atoms with Crippen LogP contribution in [0.1, 0.15) is 12.5 Å². The van der Waals surface area contributed by atoms with Crippen LogP contribution in [0.2, 0.25) is 0 Å². The molecule has 0 saturated carbocycles. The molecule has 0 aliphatic heterocycles. The molecule has 0 fully saturated rings. The van der Waals surface area contributed by atoms with Gasteiger partial charge in [0.2, 0.25) is 0 Å². The van der Waals surface area contributed by atoms with Crippen LogP contribution < -0.4 is 0 Å². The molecule has 0 bridgehead atoms. The molecule has 13 heavy (non-hydrogen) atoms. The summed E-state index contributed by atoms with van der Waals surface area (Å²) in [6.45, 7) is 0.873. The zero-order valence-corrected chi connectivity index (χ0v) is 6.85. The first-order chi connectivity index (χ1) is 5.97. The minimum Gasteiger partial charge on any atom is -0.299 e. The molecule has 0 heterocycles. The number of carbonyl (C=O) groups excluding carboxylic acids is 1. The van der Waals surface area contributed by atoms with Gasteiger partial charge in [-0.25, -0.2) is 13.2 Å². The Bertz CT molecular complexity index is 334. The summed E-state index contributed by atoms with van der Waals surface area (Å²) in [6.07, 6.45) is -0.0646. The molecular formula is C9H7F3O. The topological polar surface area (TPSA) is 17.1 Å². The third kappa shape index (κ3) is 1.88. The number of hydrogen-bond donors (Lipinski definition) is 0. The number of carbonyl (C=O) groups is 1. The van der Waals surface area contributed by atoms with Crippen molar-refractivity contribution in [3.05, 3.63) is 35.4 Å². The van der Waals surface area contributed by atoms with E-state index in [1.54, 1.807) is 0 Å². The summed E-state index contributed by atoms with van der Waals surface area (Å²) in [6, 6.07) is 2.31. The second kappa shape index (κ2) is 3.20. The van der Waals surface area contributed by atoms with E-state index in [2.05, 4.69) is 0 Å². The van der Waals surface area contributed by atoms with Crippen molar-refractivity contribution in [2.75, 3.05) is 0 Å². The van der Waals surface area contributed by atoms with E-state index in [1.165, 1.54) is 0 Å². The summed E-state index contributed by atoms with van der Waals surface area (Å²) >= 11 is 0. The molecule has 0 saturated heterocycles. The molecule has 0 spiro atoms. The summed E-state index contributed by atoms with van der Waals surface area (Å²) in [5.74, 6) is -1.71. The van der Waals surface area contributed by atoms with Gasteiger partial charge >= 0.3 is 0 Å². The van der Waals surface area contributed by atoms with Gasteiger partial charge in [0.1, 0.15) is 11.6 Å². The Morgan fingerprint density at radius 2 is 2.00 bits per heavy atom. The van der Waals surface area contributed by atoms with Crippen molar-refractivity contribution < 1.29 is 18.0 Å². The standard InChI is InChI=1S/C9H7F3O/c1-9(12,5-13)7-4-6(10)2-3-8(7)11/h2-5H,1H3. The minimum absolute atomic E-state index is 0.0646. The van der Waals surface area contributed by atoms with E-state index >= 15 is 0 Å². The second-order valence-electron chi connectivity index (χ2n) is 2.82. The molecular weight excluding hydrogens is 181 g/mol. The van der Waals surface area contributed by atoms with Crippen LogP contribution in [0.4, 0.5) is 13.2 Å². The van der Waals surface area contributed by atoms with E-state index in [9.17, 15) is 18.0 Å². The largest absolute Gasteiger partial charge is 0.299 e. The van der Waals surface area contributed by atoms with Crippen molar-refractivity contribution in [1.82, 2.24) is 0 Å². The van der Waals surface area contributed by atoms with Gasteiger partial charge in [-0.15, -0.1) is 0 Å². The van der Waals surface area contributed by atoms with Crippen molar-refractivity contribution >= 4 is 6.29 Å². The quantitative estimate of drug-likeness (QED) is 0.651. The first kappa shape index (κ1) is 9.77. The summed E-state index contributed by atoms with van der Waals surface area (Å²) in [4.78, 5) is 10.2. The molecule has 70 valence electrons. The Hall–Kier alpha value is -1.32. The predicted molar refractivity (Wildman–Crippen MR) is 40.9 cm³/mol. The highest BCUT2D eigenvalue weighted by atomic mass is 19.2. The number of halogens is 3. The molecule has 1 unspecified atom stereocenters. The van der Waals surface area contributed by atoms with Gasteiger partial charge in [0.05, 0.1) is 0 Å². The van der Waals surface area contributed by atoms with Crippen LogP contribution in [0, 0.1) is 11.6 Å². The Balaban J connectivity index is 3.28. The number of aldehydes is 1. The zero-order valence-electron chi connectivity index (χ0n) is 6.85. The molecule has 0 aromatic heterocycles. The van der Waals surface area contributed by atoms with Gasteiger partial charge in [-0.3, -0.25) is 4.79 Å². The van der Waals surface area contributed by atoms with Crippen molar-refractivity contribution in [2.45, 2.75) is 12.6 Å². The maximum atomic E-state index is 13.2. The van der Waals surface area contributed by atoms with Gasteiger partial charge in [-0.1, -0.05) is 0 Å². The lowest BCUT2D eigenvalue weighted by Crippen LogP contribution is -2.18. The number of benzene rings is 1. The van der Waals surface area contributed by atoms with E-state index in [-0.39, 0.29) is 6.29 Å². The Morgan fingerprint density at radius 1 is 1.38 bits per heavy atom. The Labute approximate surface area is 73.2 Å². The maximum absolute atomic E-state index is 13.2. The highest BCUT2D eigenvalue weighted by Crippen LogP contribution is 2.26. The van der Waals surface area contributed by atoms with Gasteiger partial charge in [-0.05, 0) is 25.1 Å². The van der Waals surface area contributed by atoms with Crippen LogP contribution in [0.15, 0.2) is 18.2 Å². The summed E-state index contributed by atoms with van der Waals surface area (Å²) in [5, 5.41) is 0. The highest BCUT2D eigenvalue weighted by Gasteiger charge is 2.28. The van der Waals surface area contributed by atoms with Crippen molar-refractivity contribution in [3.63, 3.8) is 0 Å². The first-order valence-electron chi connectivity index (χ1n) is 3.58. The normalized spacial score (nSPS) is 15.1. The van der Waals surface area contributed by atoms with E-state index in [0.717, 1.165) is 19.1 Å². The predicted octanol–water partition coefficient (Wildman–Crippen LogP) is 2.35. The second-order valence-corrected chi connectivity index (χ2v) is 2.82. The number of alkyl halides is 1. The lowest BCUT2D eigenvalue weighted by molar-refractivity contribution is -0.117. The van der Waals surface area contributed by atoms with Gasteiger partial charge in [0.25, 0.3) is 0 Å². The van der Waals surface area contributed by atoms with E-state index in [0.29, 0.717) is 6.07 Å². The summed E-state index contributed by atoms with van der Waals surface area (Å²) in [5.41, 5.74) is -3.06. The molecule has 1 aromatic carbocycles. The van der Waals surface area contributed by atoms with Crippen LogP contribution in [-0.2, 0) is 10.5 Å². The van der Waals surface area contributed by atoms with Gasteiger partial charge in [0.15, 0.2) is 12.0 Å². The highest BCUT2D eigenvalue weighted by molar-refractivity contribution is 5.65. The SMILES string of the molecule is CC(F)(C=O)c1cc(F)ccc1F.